The lowest BCUT2D eigenvalue weighted by Gasteiger charge is -2.42. The molecule has 0 aromatic heterocycles. The Hall–Kier alpha value is -1.53. The number of nitrogens with two attached hydrogens (primary N) is 1. The van der Waals surface area contributed by atoms with Gasteiger partial charge in [0, 0.05) is 25.7 Å². The molecule has 20 heavy (non-hydrogen) atoms. The molecule has 4 nitrogen and oxygen atoms in total. The topological polar surface area (TPSA) is 55.6 Å². The number of rotatable bonds is 2. The van der Waals surface area contributed by atoms with Gasteiger partial charge in [-0.2, -0.15) is 0 Å². The zero-order chi connectivity index (χ0) is 14.9. The summed E-state index contributed by atoms with van der Waals surface area (Å²) in [6.07, 6.45) is -0.286. The Labute approximate surface area is 116 Å². The molecule has 1 aromatic rings. The average molecular weight is 284 g/mol. The highest BCUT2D eigenvalue weighted by molar-refractivity contribution is 5.94. The van der Waals surface area contributed by atoms with Gasteiger partial charge in [-0.15, -0.1) is 0 Å². The highest BCUT2D eigenvalue weighted by atomic mass is 19.1. The third kappa shape index (κ3) is 3.13. The van der Waals surface area contributed by atoms with Gasteiger partial charge in [0.2, 0.25) is 0 Å². The van der Waals surface area contributed by atoms with Crippen LogP contribution in [0.2, 0.25) is 0 Å². The van der Waals surface area contributed by atoms with E-state index in [1.807, 2.05) is 13.8 Å². The van der Waals surface area contributed by atoms with E-state index in [1.165, 1.54) is 4.90 Å². The fourth-order valence-electron chi connectivity index (χ4n) is 2.41. The highest BCUT2D eigenvalue weighted by Gasteiger charge is 2.35. The maximum Gasteiger partial charge on any atom is 0.257 e. The van der Waals surface area contributed by atoms with Gasteiger partial charge in [0.25, 0.3) is 5.91 Å². The molecule has 1 saturated heterocycles. The Morgan fingerprint density at radius 3 is 2.80 bits per heavy atom. The lowest BCUT2D eigenvalue weighted by molar-refractivity contribution is -0.122. The van der Waals surface area contributed by atoms with E-state index in [-0.39, 0.29) is 18.2 Å². The first-order valence-corrected chi connectivity index (χ1v) is 6.44. The van der Waals surface area contributed by atoms with Crippen LogP contribution in [0.3, 0.4) is 0 Å². The lowest BCUT2D eigenvalue weighted by Crippen LogP contribution is -2.56. The van der Waals surface area contributed by atoms with Crippen LogP contribution >= 0.6 is 0 Å². The van der Waals surface area contributed by atoms with Crippen LogP contribution in [0.5, 0.6) is 0 Å². The van der Waals surface area contributed by atoms with E-state index in [0.717, 1.165) is 12.1 Å². The molecule has 1 fully saturated rings. The van der Waals surface area contributed by atoms with Gasteiger partial charge in [-0.05, 0) is 26.0 Å². The monoisotopic (exact) mass is 284 g/mol. The van der Waals surface area contributed by atoms with Crippen LogP contribution in [0.1, 0.15) is 24.2 Å². The van der Waals surface area contributed by atoms with Gasteiger partial charge in [0.15, 0.2) is 0 Å². The molecule has 1 aliphatic heterocycles. The summed E-state index contributed by atoms with van der Waals surface area (Å²) in [6.45, 7) is 4.60. The van der Waals surface area contributed by atoms with Crippen LogP contribution in [0.15, 0.2) is 18.2 Å². The number of carbonyl (C=O) groups is 1. The zero-order valence-electron chi connectivity index (χ0n) is 11.5. The molecule has 0 radical (unpaired) electrons. The van der Waals surface area contributed by atoms with Crippen molar-refractivity contribution in [2.45, 2.75) is 25.6 Å². The van der Waals surface area contributed by atoms with Gasteiger partial charge in [0.05, 0.1) is 17.3 Å². The van der Waals surface area contributed by atoms with Crippen molar-refractivity contribution in [2.75, 3.05) is 19.6 Å². The summed E-state index contributed by atoms with van der Waals surface area (Å²) in [5.41, 5.74) is 4.90. The van der Waals surface area contributed by atoms with Gasteiger partial charge < -0.3 is 15.4 Å². The molecule has 2 rings (SSSR count). The maximum absolute atomic E-state index is 13.7. The first kappa shape index (κ1) is 14.9. The largest absolute Gasteiger partial charge is 0.367 e. The first-order valence-electron chi connectivity index (χ1n) is 6.44. The maximum atomic E-state index is 13.7. The summed E-state index contributed by atoms with van der Waals surface area (Å²) in [7, 11) is 0. The van der Waals surface area contributed by atoms with Crippen molar-refractivity contribution >= 4 is 5.91 Å². The van der Waals surface area contributed by atoms with Gasteiger partial charge in [-0.1, -0.05) is 0 Å². The van der Waals surface area contributed by atoms with Crippen LogP contribution in [0, 0.1) is 11.6 Å². The molecule has 0 saturated carbocycles. The second-order valence-electron chi connectivity index (χ2n) is 5.55. The molecule has 0 aliphatic carbocycles. The number of halogens is 2. The summed E-state index contributed by atoms with van der Waals surface area (Å²) < 4.78 is 32.3. The average Bonchev–Trinajstić information content (AvgIpc) is 2.36. The van der Waals surface area contributed by atoms with Crippen molar-refractivity contribution in [2.24, 2.45) is 5.73 Å². The van der Waals surface area contributed by atoms with Crippen LogP contribution in [-0.4, -0.2) is 42.1 Å². The van der Waals surface area contributed by atoms with E-state index >= 15 is 0 Å². The number of amides is 1. The predicted octanol–water partition coefficient (Wildman–Crippen LogP) is 1.54. The summed E-state index contributed by atoms with van der Waals surface area (Å²) >= 11 is 0. The van der Waals surface area contributed by atoms with E-state index in [0.29, 0.717) is 19.2 Å². The van der Waals surface area contributed by atoms with Crippen LogP contribution < -0.4 is 5.73 Å². The van der Waals surface area contributed by atoms with E-state index in [4.69, 9.17) is 10.5 Å². The Morgan fingerprint density at radius 1 is 1.50 bits per heavy atom. The summed E-state index contributed by atoms with van der Waals surface area (Å²) in [4.78, 5) is 13.8. The lowest BCUT2D eigenvalue weighted by atomic mass is 10.0. The normalized spacial score (nSPS) is 21.9. The quantitative estimate of drug-likeness (QED) is 0.896. The standard InChI is InChI=1S/C14H18F2N2O2/c1-14(2)8-18(7-10(6-17)20-14)13(19)11-4-3-9(15)5-12(11)16/h3-5,10H,6-8,17H2,1-2H3. The molecule has 1 amide bonds. The van der Waals surface area contributed by atoms with Gasteiger partial charge in [-0.3, -0.25) is 4.79 Å². The molecule has 1 aliphatic rings. The number of carbonyl (C=O) groups excluding carboxylic acids is 1. The fraction of sp³-hybridized carbons (Fsp3) is 0.500. The van der Waals surface area contributed by atoms with Crippen LogP contribution in [0.25, 0.3) is 0 Å². The molecular formula is C14H18F2N2O2. The molecule has 2 N–H and O–H groups in total. The SMILES string of the molecule is CC1(C)CN(C(=O)c2ccc(F)cc2F)CC(CN)O1. The number of morpholine rings is 1. The predicted molar refractivity (Wildman–Crippen MR) is 70.3 cm³/mol. The number of hydrogen-bond acceptors (Lipinski definition) is 3. The molecule has 110 valence electrons. The third-order valence-corrected chi connectivity index (χ3v) is 3.19. The minimum Gasteiger partial charge on any atom is -0.367 e. The second-order valence-corrected chi connectivity index (χ2v) is 5.55. The molecular weight excluding hydrogens is 266 g/mol. The van der Waals surface area contributed by atoms with Crippen molar-refractivity contribution in [1.29, 1.82) is 0 Å². The number of benzene rings is 1. The van der Waals surface area contributed by atoms with E-state index in [9.17, 15) is 13.6 Å². The minimum absolute atomic E-state index is 0.139. The minimum atomic E-state index is -0.858. The van der Waals surface area contributed by atoms with E-state index in [1.54, 1.807) is 0 Å². The van der Waals surface area contributed by atoms with Crippen molar-refractivity contribution in [3.05, 3.63) is 35.4 Å². The van der Waals surface area contributed by atoms with Crippen molar-refractivity contribution < 1.29 is 18.3 Å². The van der Waals surface area contributed by atoms with E-state index in [2.05, 4.69) is 0 Å². The second kappa shape index (κ2) is 5.46. The molecule has 1 unspecified atom stereocenters. The molecule has 0 spiro atoms. The molecule has 0 bridgehead atoms. The smallest absolute Gasteiger partial charge is 0.257 e. The van der Waals surface area contributed by atoms with Crippen LogP contribution in [0.4, 0.5) is 8.78 Å². The van der Waals surface area contributed by atoms with Gasteiger partial charge in [0.1, 0.15) is 11.6 Å². The van der Waals surface area contributed by atoms with Gasteiger partial charge >= 0.3 is 0 Å². The third-order valence-electron chi connectivity index (χ3n) is 3.19. The number of hydrogen-bond donors (Lipinski definition) is 1. The van der Waals surface area contributed by atoms with Crippen molar-refractivity contribution in [3.63, 3.8) is 0 Å². The Kier molecular flexibility index (Phi) is 4.06. The molecule has 6 heteroatoms. The molecule has 1 aromatic carbocycles. The fourth-order valence-corrected chi connectivity index (χ4v) is 2.41. The van der Waals surface area contributed by atoms with Crippen molar-refractivity contribution in [3.8, 4) is 0 Å². The number of nitrogens with zero attached hydrogens (tertiary/aromatic N) is 1. The Bertz CT molecular complexity index is 520. The van der Waals surface area contributed by atoms with E-state index < -0.39 is 23.1 Å². The molecule has 1 heterocycles. The summed E-state index contributed by atoms with van der Waals surface area (Å²) in [5, 5.41) is 0. The first-order chi connectivity index (χ1) is 9.32. The number of ether oxygens (including phenoxy) is 1. The highest BCUT2D eigenvalue weighted by Crippen LogP contribution is 2.23. The Balaban J connectivity index is 2.23. The van der Waals surface area contributed by atoms with Crippen LogP contribution in [-0.2, 0) is 4.74 Å². The summed E-state index contributed by atoms with van der Waals surface area (Å²) in [5.74, 6) is -2.04. The van der Waals surface area contributed by atoms with Gasteiger partial charge in [-0.25, -0.2) is 8.78 Å². The Morgan fingerprint density at radius 2 is 2.20 bits per heavy atom. The van der Waals surface area contributed by atoms with Crippen molar-refractivity contribution in [1.82, 2.24) is 4.90 Å². The molecule has 1 atom stereocenters. The zero-order valence-corrected chi connectivity index (χ0v) is 11.5. The summed E-state index contributed by atoms with van der Waals surface area (Å²) in [6, 6.07) is 2.94.